The van der Waals surface area contributed by atoms with Crippen molar-refractivity contribution in [2.24, 2.45) is 0 Å². The Balaban J connectivity index is 2.58. The lowest BCUT2D eigenvalue weighted by Gasteiger charge is -2.05. The van der Waals surface area contributed by atoms with Crippen LogP contribution < -0.4 is 0 Å². The van der Waals surface area contributed by atoms with E-state index in [4.69, 9.17) is 0 Å². The van der Waals surface area contributed by atoms with Crippen molar-refractivity contribution in [3.8, 4) is 11.1 Å². The zero-order valence-corrected chi connectivity index (χ0v) is 9.32. The molecule has 3 heteroatoms. The molecule has 0 aromatic carbocycles. The van der Waals surface area contributed by atoms with Crippen LogP contribution in [0, 0.1) is 6.92 Å². The van der Waals surface area contributed by atoms with Gasteiger partial charge in [-0.2, -0.15) is 0 Å². The molecule has 0 N–H and O–H groups in total. The molecular weight excluding hydrogens is 240 g/mol. The second-order valence-corrected chi connectivity index (χ2v) is 3.88. The van der Waals surface area contributed by atoms with Gasteiger partial charge in [0.15, 0.2) is 0 Å². The lowest BCUT2D eigenvalue weighted by Crippen LogP contribution is -1.86. The minimum atomic E-state index is 1.03. The summed E-state index contributed by atoms with van der Waals surface area (Å²) in [6.07, 6.45) is 7.25. The topological polar surface area (TPSA) is 25.8 Å². The van der Waals surface area contributed by atoms with E-state index in [0.717, 1.165) is 15.6 Å². The maximum Gasteiger partial charge on any atom is 0.0413 e. The zero-order valence-electron chi connectivity index (χ0n) is 7.74. The van der Waals surface area contributed by atoms with E-state index >= 15 is 0 Å². The first kappa shape index (κ1) is 9.34. The quantitative estimate of drug-likeness (QED) is 0.775. The van der Waals surface area contributed by atoms with Gasteiger partial charge in [-0.3, -0.25) is 9.97 Å². The summed E-state index contributed by atoms with van der Waals surface area (Å²) in [6.45, 7) is 2.07. The molecule has 2 nitrogen and oxygen atoms in total. The van der Waals surface area contributed by atoms with Crippen molar-refractivity contribution in [2.75, 3.05) is 0 Å². The fraction of sp³-hybridized carbons (Fsp3) is 0.0909. The Morgan fingerprint density at radius 3 is 2.50 bits per heavy atom. The number of rotatable bonds is 1. The van der Waals surface area contributed by atoms with Crippen LogP contribution in [0.3, 0.4) is 0 Å². The maximum absolute atomic E-state index is 4.15. The number of nitrogens with zero attached hydrogens (tertiary/aromatic N) is 2. The van der Waals surface area contributed by atoms with Crippen LogP contribution in [-0.2, 0) is 0 Å². The van der Waals surface area contributed by atoms with Gasteiger partial charge in [-0.1, -0.05) is 0 Å². The minimum absolute atomic E-state index is 1.03. The van der Waals surface area contributed by atoms with Crippen LogP contribution in [0.1, 0.15) is 5.56 Å². The van der Waals surface area contributed by atoms with Crippen molar-refractivity contribution in [1.82, 2.24) is 9.97 Å². The van der Waals surface area contributed by atoms with Crippen LogP contribution in [0.4, 0.5) is 0 Å². The standard InChI is InChI=1S/C11H9BrN2/c1-8-10(6-14-7-11(8)12)9-2-4-13-5-3-9/h2-7H,1H3. The van der Waals surface area contributed by atoms with E-state index in [2.05, 4.69) is 32.8 Å². The van der Waals surface area contributed by atoms with E-state index in [1.807, 2.05) is 18.3 Å². The molecular formula is C11H9BrN2. The molecule has 0 aliphatic carbocycles. The van der Waals surface area contributed by atoms with Gasteiger partial charge >= 0.3 is 0 Å². The lowest BCUT2D eigenvalue weighted by molar-refractivity contribution is 1.25. The first-order valence-corrected chi connectivity index (χ1v) is 5.09. The van der Waals surface area contributed by atoms with Crippen LogP contribution in [0.2, 0.25) is 0 Å². The summed E-state index contributed by atoms with van der Waals surface area (Å²) >= 11 is 3.47. The third kappa shape index (κ3) is 1.68. The van der Waals surface area contributed by atoms with E-state index in [0.29, 0.717) is 0 Å². The Hall–Kier alpha value is -1.22. The fourth-order valence-electron chi connectivity index (χ4n) is 1.32. The van der Waals surface area contributed by atoms with Crippen molar-refractivity contribution in [1.29, 1.82) is 0 Å². The SMILES string of the molecule is Cc1c(Br)cncc1-c1ccncc1. The second kappa shape index (κ2) is 3.88. The fourth-order valence-corrected chi connectivity index (χ4v) is 1.65. The van der Waals surface area contributed by atoms with E-state index in [1.165, 1.54) is 5.56 Å². The molecule has 0 saturated heterocycles. The Kier molecular flexibility index (Phi) is 2.59. The Bertz CT molecular complexity index is 440. The average molecular weight is 249 g/mol. The van der Waals surface area contributed by atoms with Gasteiger partial charge in [0.25, 0.3) is 0 Å². The molecule has 2 aromatic heterocycles. The predicted octanol–water partition coefficient (Wildman–Crippen LogP) is 3.21. The first-order valence-electron chi connectivity index (χ1n) is 4.29. The van der Waals surface area contributed by atoms with Crippen molar-refractivity contribution >= 4 is 15.9 Å². The number of hydrogen-bond acceptors (Lipinski definition) is 2. The Labute approximate surface area is 91.2 Å². The summed E-state index contributed by atoms with van der Waals surface area (Å²) in [7, 11) is 0. The van der Waals surface area contributed by atoms with Crippen molar-refractivity contribution < 1.29 is 0 Å². The summed E-state index contributed by atoms with van der Waals surface area (Å²) in [4.78, 5) is 8.14. The molecule has 0 fully saturated rings. The van der Waals surface area contributed by atoms with E-state index in [1.54, 1.807) is 18.6 Å². The van der Waals surface area contributed by atoms with E-state index in [9.17, 15) is 0 Å². The Morgan fingerprint density at radius 1 is 1.07 bits per heavy atom. The molecule has 0 aliphatic rings. The number of hydrogen-bond donors (Lipinski definition) is 0. The molecule has 2 rings (SSSR count). The highest BCUT2D eigenvalue weighted by atomic mass is 79.9. The average Bonchev–Trinajstić information content (AvgIpc) is 2.23. The van der Waals surface area contributed by atoms with Gasteiger partial charge < -0.3 is 0 Å². The Morgan fingerprint density at radius 2 is 1.79 bits per heavy atom. The van der Waals surface area contributed by atoms with Crippen LogP contribution >= 0.6 is 15.9 Å². The third-order valence-corrected chi connectivity index (χ3v) is 2.94. The molecule has 0 spiro atoms. The van der Waals surface area contributed by atoms with Crippen LogP contribution in [-0.4, -0.2) is 9.97 Å². The number of aromatic nitrogens is 2. The van der Waals surface area contributed by atoms with Crippen molar-refractivity contribution in [3.63, 3.8) is 0 Å². The van der Waals surface area contributed by atoms with Crippen LogP contribution in [0.5, 0.6) is 0 Å². The molecule has 14 heavy (non-hydrogen) atoms. The van der Waals surface area contributed by atoms with Gasteiger partial charge in [-0.05, 0) is 46.1 Å². The summed E-state index contributed by atoms with van der Waals surface area (Å²) in [5.74, 6) is 0. The molecule has 0 atom stereocenters. The lowest BCUT2D eigenvalue weighted by atomic mass is 10.1. The largest absolute Gasteiger partial charge is 0.265 e. The highest BCUT2D eigenvalue weighted by Gasteiger charge is 2.03. The normalized spacial score (nSPS) is 10.1. The van der Waals surface area contributed by atoms with Gasteiger partial charge in [0, 0.05) is 34.8 Å². The smallest absolute Gasteiger partial charge is 0.0413 e. The summed E-state index contributed by atoms with van der Waals surface area (Å²) in [5, 5.41) is 0. The highest BCUT2D eigenvalue weighted by Crippen LogP contribution is 2.26. The van der Waals surface area contributed by atoms with E-state index < -0.39 is 0 Å². The summed E-state index contributed by atoms with van der Waals surface area (Å²) in [6, 6.07) is 3.97. The first-order chi connectivity index (χ1) is 6.79. The molecule has 0 aliphatic heterocycles. The van der Waals surface area contributed by atoms with Crippen molar-refractivity contribution in [2.45, 2.75) is 6.92 Å². The predicted molar refractivity (Wildman–Crippen MR) is 59.9 cm³/mol. The molecule has 0 bridgehead atoms. The second-order valence-electron chi connectivity index (χ2n) is 3.03. The third-order valence-electron chi connectivity index (χ3n) is 2.15. The molecule has 2 heterocycles. The molecule has 2 aromatic rings. The van der Waals surface area contributed by atoms with Crippen LogP contribution in [0.25, 0.3) is 11.1 Å². The monoisotopic (exact) mass is 248 g/mol. The van der Waals surface area contributed by atoms with Gasteiger partial charge in [0.1, 0.15) is 0 Å². The highest BCUT2D eigenvalue weighted by molar-refractivity contribution is 9.10. The van der Waals surface area contributed by atoms with Crippen molar-refractivity contribution in [3.05, 3.63) is 47.0 Å². The summed E-state index contributed by atoms with van der Waals surface area (Å²) in [5.41, 5.74) is 3.49. The zero-order chi connectivity index (χ0) is 9.97. The molecule has 0 amide bonds. The molecule has 0 saturated carbocycles. The minimum Gasteiger partial charge on any atom is -0.265 e. The number of pyridine rings is 2. The number of halogens is 1. The van der Waals surface area contributed by atoms with Gasteiger partial charge in [0.2, 0.25) is 0 Å². The van der Waals surface area contributed by atoms with Gasteiger partial charge in [-0.15, -0.1) is 0 Å². The van der Waals surface area contributed by atoms with Gasteiger partial charge in [0.05, 0.1) is 0 Å². The van der Waals surface area contributed by atoms with Gasteiger partial charge in [-0.25, -0.2) is 0 Å². The van der Waals surface area contributed by atoms with E-state index in [-0.39, 0.29) is 0 Å². The maximum atomic E-state index is 4.15. The summed E-state index contributed by atoms with van der Waals surface area (Å²) < 4.78 is 1.03. The molecule has 70 valence electrons. The molecule has 0 radical (unpaired) electrons. The van der Waals surface area contributed by atoms with Crippen LogP contribution in [0.15, 0.2) is 41.4 Å². The molecule has 0 unspecified atom stereocenters.